The number of hydrogen-bond acceptors (Lipinski definition) is 4. The van der Waals surface area contributed by atoms with Gasteiger partial charge in [0.2, 0.25) is 0 Å². The molecule has 2 N–H and O–H groups in total. The van der Waals surface area contributed by atoms with Crippen LogP contribution in [0.5, 0.6) is 11.5 Å². The Hall–Kier alpha value is -0.970. The molecule has 0 spiro atoms. The van der Waals surface area contributed by atoms with E-state index >= 15 is 0 Å². The summed E-state index contributed by atoms with van der Waals surface area (Å²) in [6.45, 7) is 4.82. The molecule has 2 unspecified atom stereocenters. The summed E-state index contributed by atoms with van der Waals surface area (Å²) in [7, 11) is 1.67. The molecule has 0 radical (unpaired) electrons. The summed E-state index contributed by atoms with van der Waals surface area (Å²) in [6, 6.07) is 8.48. The van der Waals surface area contributed by atoms with Crippen LogP contribution in [-0.2, 0) is 0 Å². The van der Waals surface area contributed by atoms with E-state index in [1.165, 1.54) is 19.3 Å². The number of nitrogens with two attached hydrogens (primary N) is 1. The first kappa shape index (κ1) is 18.1. The number of hydrogen-bond donors (Lipinski definition) is 1. The molecule has 1 heterocycles. The molecule has 120 valence electrons. The van der Waals surface area contributed by atoms with E-state index in [2.05, 4.69) is 11.8 Å². The lowest BCUT2D eigenvalue weighted by molar-refractivity contribution is 0.109. The van der Waals surface area contributed by atoms with Gasteiger partial charge in [0.15, 0.2) is 11.5 Å². The Bertz CT molecular complexity index is 415. The molecular formula is C16H27ClN2O2. The summed E-state index contributed by atoms with van der Waals surface area (Å²) in [6.07, 6.45) is 3.75. The van der Waals surface area contributed by atoms with Gasteiger partial charge in [-0.05, 0) is 38.4 Å². The monoisotopic (exact) mass is 314 g/mol. The molecule has 0 aliphatic carbocycles. The van der Waals surface area contributed by atoms with Crippen LogP contribution in [0.15, 0.2) is 24.3 Å². The van der Waals surface area contributed by atoms with Crippen molar-refractivity contribution in [2.75, 3.05) is 26.8 Å². The molecule has 0 saturated carbocycles. The van der Waals surface area contributed by atoms with Gasteiger partial charge in [0.05, 0.1) is 7.11 Å². The third kappa shape index (κ3) is 5.06. The zero-order chi connectivity index (χ0) is 14.4. The number of nitrogens with zero attached hydrogens (tertiary/aromatic N) is 1. The summed E-state index contributed by atoms with van der Waals surface area (Å²) >= 11 is 0. The molecule has 1 aliphatic heterocycles. The quantitative estimate of drug-likeness (QED) is 0.877. The molecule has 0 bridgehead atoms. The van der Waals surface area contributed by atoms with Crippen LogP contribution in [0.25, 0.3) is 0 Å². The summed E-state index contributed by atoms with van der Waals surface area (Å²) in [5.74, 6) is 1.60. The van der Waals surface area contributed by atoms with E-state index in [0.717, 1.165) is 24.6 Å². The second-order valence-corrected chi connectivity index (χ2v) is 5.46. The lowest BCUT2D eigenvalue weighted by atomic mass is 9.97. The van der Waals surface area contributed by atoms with Crippen molar-refractivity contribution in [1.82, 2.24) is 4.90 Å². The lowest BCUT2D eigenvalue weighted by Crippen LogP contribution is -2.50. The minimum absolute atomic E-state index is 0. The molecule has 4 nitrogen and oxygen atoms in total. The van der Waals surface area contributed by atoms with Gasteiger partial charge in [-0.3, -0.25) is 4.90 Å². The normalized spacial score (nSPS) is 20.4. The van der Waals surface area contributed by atoms with Gasteiger partial charge in [-0.25, -0.2) is 0 Å². The fourth-order valence-electron chi connectivity index (χ4n) is 2.90. The van der Waals surface area contributed by atoms with E-state index in [0.29, 0.717) is 12.6 Å². The highest BCUT2D eigenvalue weighted by atomic mass is 35.5. The summed E-state index contributed by atoms with van der Waals surface area (Å²) in [5.41, 5.74) is 6.08. The van der Waals surface area contributed by atoms with Gasteiger partial charge in [0.25, 0.3) is 0 Å². The Morgan fingerprint density at radius 1 is 1.29 bits per heavy atom. The van der Waals surface area contributed by atoms with Crippen LogP contribution in [0, 0.1) is 0 Å². The van der Waals surface area contributed by atoms with Crippen LogP contribution in [0.3, 0.4) is 0 Å². The Labute approximate surface area is 134 Å². The predicted molar refractivity (Wildman–Crippen MR) is 88.6 cm³/mol. The van der Waals surface area contributed by atoms with Crippen LogP contribution in [0.2, 0.25) is 0 Å². The predicted octanol–water partition coefficient (Wildman–Crippen LogP) is 2.70. The second-order valence-electron chi connectivity index (χ2n) is 5.46. The van der Waals surface area contributed by atoms with Crippen molar-refractivity contribution >= 4 is 12.4 Å². The van der Waals surface area contributed by atoms with Crippen molar-refractivity contribution in [2.24, 2.45) is 5.73 Å². The largest absolute Gasteiger partial charge is 0.493 e. The standard InChI is InChI=1S/C16H26N2O2.ClH/c1-13(17)14-7-5-6-10-18(14)11-12-20-16-9-4-3-8-15(16)19-2;/h3-4,8-9,13-14H,5-7,10-12,17H2,1-2H3;1H. The van der Waals surface area contributed by atoms with Crippen molar-refractivity contribution in [3.05, 3.63) is 24.3 Å². The molecule has 0 aromatic heterocycles. The molecule has 1 aromatic carbocycles. The number of halogens is 1. The minimum atomic E-state index is 0. The van der Waals surface area contributed by atoms with Gasteiger partial charge in [-0.1, -0.05) is 18.6 Å². The molecule has 2 atom stereocenters. The molecule has 2 rings (SSSR count). The van der Waals surface area contributed by atoms with Gasteiger partial charge in [-0.2, -0.15) is 0 Å². The van der Waals surface area contributed by atoms with Gasteiger partial charge in [0.1, 0.15) is 6.61 Å². The van der Waals surface area contributed by atoms with Crippen LogP contribution in [0.4, 0.5) is 0 Å². The number of para-hydroxylation sites is 2. The summed E-state index contributed by atoms with van der Waals surface area (Å²) in [4.78, 5) is 2.46. The highest BCUT2D eigenvalue weighted by Crippen LogP contribution is 2.26. The number of benzene rings is 1. The van der Waals surface area contributed by atoms with Crippen LogP contribution < -0.4 is 15.2 Å². The number of likely N-dealkylation sites (tertiary alicyclic amines) is 1. The average molecular weight is 315 g/mol. The Morgan fingerprint density at radius 2 is 2.00 bits per heavy atom. The third-order valence-electron chi connectivity index (χ3n) is 3.98. The zero-order valence-corrected chi connectivity index (χ0v) is 13.8. The first-order chi connectivity index (χ1) is 9.72. The highest BCUT2D eigenvalue weighted by molar-refractivity contribution is 5.85. The molecule has 1 aromatic rings. The van der Waals surface area contributed by atoms with Gasteiger partial charge >= 0.3 is 0 Å². The van der Waals surface area contributed by atoms with E-state index in [4.69, 9.17) is 15.2 Å². The van der Waals surface area contributed by atoms with E-state index in [9.17, 15) is 0 Å². The van der Waals surface area contributed by atoms with Crippen molar-refractivity contribution in [1.29, 1.82) is 0 Å². The third-order valence-corrected chi connectivity index (χ3v) is 3.98. The fourth-order valence-corrected chi connectivity index (χ4v) is 2.90. The Morgan fingerprint density at radius 3 is 2.67 bits per heavy atom. The Balaban J connectivity index is 0.00000220. The van der Waals surface area contributed by atoms with Crippen molar-refractivity contribution in [3.63, 3.8) is 0 Å². The first-order valence-corrected chi connectivity index (χ1v) is 7.48. The topological polar surface area (TPSA) is 47.7 Å². The number of methoxy groups -OCH3 is 1. The molecule has 1 fully saturated rings. The number of piperidine rings is 1. The van der Waals surface area contributed by atoms with Crippen LogP contribution in [-0.4, -0.2) is 43.8 Å². The molecule has 1 saturated heterocycles. The first-order valence-electron chi connectivity index (χ1n) is 7.48. The lowest BCUT2D eigenvalue weighted by Gasteiger charge is -2.37. The Kier molecular flexibility index (Phi) is 7.86. The SMILES string of the molecule is COc1ccccc1OCCN1CCCCC1C(C)N.Cl. The maximum atomic E-state index is 6.08. The number of ether oxygens (including phenoxy) is 2. The van der Waals surface area contributed by atoms with Crippen LogP contribution >= 0.6 is 12.4 Å². The zero-order valence-electron chi connectivity index (χ0n) is 13.0. The maximum absolute atomic E-state index is 6.08. The van der Waals surface area contributed by atoms with Gasteiger partial charge in [-0.15, -0.1) is 12.4 Å². The van der Waals surface area contributed by atoms with E-state index in [1.54, 1.807) is 7.11 Å². The van der Waals surface area contributed by atoms with E-state index in [1.807, 2.05) is 24.3 Å². The van der Waals surface area contributed by atoms with Crippen molar-refractivity contribution in [2.45, 2.75) is 38.3 Å². The van der Waals surface area contributed by atoms with Crippen LogP contribution in [0.1, 0.15) is 26.2 Å². The highest BCUT2D eigenvalue weighted by Gasteiger charge is 2.24. The van der Waals surface area contributed by atoms with Gasteiger partial charge in [0, 0.05) is 18.6 Å². The molecular weight excluding hydrogens is 288 g/mol. The van der Waals surface area contributed by atoms with Crippen molar-refractivity contribution < 1.29 is 9.47 Å². The van der Waals surface area contributed by atoms with Gasteiger partial charge < -0.3 is 15.2 Å². The molecule has 1 aliphatic rings. The average Bonchev–Trinajstić information content (AvgIpc) is 2.48. The van der Waals surface area contributed by atoms with E-state index < -0.39 is 0 Å². The van der Waals surface area contributed by atoms with Crippen molar-refractivity contribution in [3.8, 4) is 11.5 Å². The van der Waals surface area contributed by atoms with E-state index in [-0.39, 0.29) is 18.4 Å². The minimum Gasteiger partial charge on any atom is -0.493 e. The molecule has 0 amide bonds. The summed E-state index contributed by atoms with van der Waals surface area (Å²) in [5, 5.41) is 0. The number of rotatable bonds is 6. The smallest absolute Gasteiger partial charge is 0.161 e. The fraction of sp³-hybridized carbons (Fsp3) is 0.625. The molecule has 21 heavy (non-hydrogen) atoms. The second kappa shape index (κ2) is 9.13. The summed E-state index contributed by atoms with van der Waals surface area (Å²) < 4.78 is 11.1. The molecule has 5 heteroatoms. The maximum Gasteiger partial charge on any atom is 0.161 e.